The number of thiophene rings is 1. The van der Waals surface area contributed by atoms with E-state index in [0.717, 1.165) is 45.9 Å². The van der Waals surface area contributed by atoms with Gasteiger partial charge < -0.3 is 10.1 Å². The molecule has 0 saturated carbocycles. The molecule has 4 rings (SSSR count). The van der Waals surface area contributed by atoms with E-state index in [4.69, 9.17) is 4.74 Å². The molecule has 2 N–H and O–H groups in total. The zero-order valence-electron chi connectivity index (χ0n) is 28.4. The second kappa shape index (κ2) is 16.8. The van der Waals surface area contributed by atoms with E-state index in [-0.39, 0.29) is 17.6 Å². The quantitative estimate of drug-likeness (QED) is 0.118. The third-order valence-electron chi connectivity index (χ3n) is 7.84. The number of nitrogens with one attached hydrogen (secondary N) is 2. The van der Waals surface area contributed by atoms with Crippen molar-refractivity contribution in [2.75, 3.05) is 12.4 Å². The Bertz CT molecular complexity index is 1750. The summed E-state index contributed by atoms with van der Waals surface area (Å²) in [6.07, 6.45) is 9.64. The fourth-order valence-electron chi connectivity index (χ4n) is 4.89. The molecule has 4 aromatic rings. The Morgan fingerprint density at radius 2 is 1.48 bits per heavy atom. The summed E-state index contributed by atoms with van der Waals surface area (Å²) in [6.45, 7) is 10.5. The Labute approximate surface area is 288 Å². The molecular weight excluding hydrogens is 645 g/mol. The van der Waals surface area contributed by atoms with Crippen molar-refractivity contribution in [1.29, 1.82) is 0 Å². The van der Waals surface area contributed by atoms with Crippen LogP contribution in [0.5, 0.6) is 5.75 Å². The first-order chi connectivity index (χ1) is 22.9. The molecule has 0 aliphatic rings. The standard InChI is InChI=1S/C37H46N4O5S2/c1-6-8-9-10-11-22-46-30-18-16-27(17-19-30)29-24-38-34(39-25-29)28-14-12-26(13-15-28)23-31(35(42)41-48(44,45)7-2)40-36(43)32-20-21-33(47-32)37(3,4)5/h12-21,24-25,31H,6-11,22-23H2,1-5H3,(H,40,43)(H,41,42)/t31-/m0/s1. The summed E-state index contributed by atoms with van der Waals surface area (Å²) in [5.74, 6) is -0.0970. The highest BCUT2D eigenvalue weighted by Crippen LogP contribution is 2.29. The number of ether oxygens (including phenoxy) is 1. The monoisotopic (exact) mass is 690 g/mol. The van der Waals surface area contributed by atoms with E-state index in [1.165, 1.54) is 43.9 Å². The summed E-state index contributed by atoms with van der Waals surface area (Å²) >= 11 is 1.35. The Morgan fingerprint density at radius 1 is 0.833 bits per heavy atom. The van der Waals surface area contributed by atoms with Crippen molar-refractivity contribution in [1.82, 2.24) is 20.0 Å². The fourth-order valence-corrected chi connectivity index (χ4v) is 6.45. The van der Waals surface area contributed by atoms with Crippen molar-refractivity contribution < 1.29 is 22.7 Å². The molecule has 9 nitrogen and oxygen atoms in total. The number of rotatable bonds is 16. The van der Waals surface area contributed by atoms with Gasteiger partial charge in [-0.25, -0.2) is 18.4 Å². The first kappa shape index (κ1) is 36.7. The molecule has 2 amide bonds. The van der Waals surface area contributed by atoms with Gasteiger partial charge in [-0.1, -0.05) is 89.8 Å². The highest BCUT2D eigenvalue weighted by molar-refractivity contribution is 7.90. The van der Waals surface area contributed by atoms with Crippen molar-refractivity contribution >= 4 is 33.2 Å². The van der Waals surface area contributed by atoms with Gasteiger partial charge in [0.05, 0.1) is 17.2 Å². The number of aromatic nitrogens is 2. The number of carbonyl (C=O) groups excluding carboxylic acids is 2. The van der Waals surface area contributed by atoms with E-state index in [1.54, 1.807) is 18.5 Å². The van der Waals surface area contributed by atoms with Crippen molar-refractivity contribution in [3.05, 3.63) is 88.4 Å². The van der Waals surface area contributed by atoms with Gasteiger partial charge in [0, 0.05) is 34.8 Å². The molecule has 0 aliphatic heterocycles. The van der Waals surface area contributed by atoms with Crippen LogP contribution in [0.15, 0.2) is 73.1 Å². The van der Waals surface area contributed by atoms with Gasteiger partial charge in [0.15, 0.2) is 5.82 Å². The molecule has 0 radical (unpaired) electrons. The average Bonchev–Trinajstić information content (AvgIpc) is 3.59. The molecule has 256 valence electrons. The van der Waals surface area contributed by atoms with Gasteiger partial charge in [0.1, 0.15) is 11.8 Å². The predicted molar refractivity (Wildman–Crippen MR) is 193 cm³/mol. The number of benzene rings is 2. The summed E-state index contributed by atoms with van der Waals surface area (Å²) in [5, 5.41) is 2.75. The molecule has 0 fully saturated rings. The Balaban J connectivity index is 1.41. The summed E-state index contributed by atoms with van der Waals surface area (Å²) < 4.78 is 32.3. The molecular formula is C37H46N4O5S2. The van der Waals surface area contributed by atoms with Gasteiger partial charge >= 0.3 is 0 Å². The lowest BCUT2D eigenvalue weighted by Crippen LogP contribution is -2.49. The van der Waals surface area contributed by atoms with E-state index in [1.807, 2.05) is 54.6 Å². The van der Waals surface area contributed by atoms with E-state index >= 15 is 0 Å². The lowest BCUT2D eigenvalue weighted by atomic mass is 9.95. The highest BCUT2D eigenvalue weighted by atomic mass is 32.2. The summed E-state index contributed by atoms with van der Waals surface area (Å²) in [6, 6.07) is 17.7. The molecule has 2 aromatic heterocycles. The average molecular weight is 691 g/mol. The zero-order chi connectivity index (χ0) is 34.7. The first-order valence-corrected chi connectivity index (χ1v) is 19.0. The van der Waals surface area contributed by atoms with Crippen LogP contribution in [0, 0.1) is 0 Å². The topological polar surface area (TPSA) is 127 Å². The lowest BCUT2D eigenvalue weighted by Gasteiger charge is -2.18. The zero-order valence-corrected chi connectivity index (χ0v) is 30.0. The SMILES string of the molecule is CCCCCCCOc1ccc(-c2cnc(-c3ccc(C[C@H](NC(=O)c4ccc(C(C)(C)C)s4)C(=O)NS(=O)(=O)CC)cc3)nc2)cc1. The molecule has 11 heteroatoms. The van der Waals surface area contributed by atoms with Crippen LogP contribution in [0.1, 0.15) is 86.8 Å². The molecule has 0 bridgehead atoms. The van der Waals surface area contributed by atoms with Gasteiger partial charge in [-0.15, -0.1) is 11.3 Å². The van der Waals surface area contributed by atoms with Crippen molar-refractivity contribution in [2.45, 2.75) is 84.6 Å². The number of sulfonamides is 1. The molecule has 48 heavy (non-hydrogen) atoms. The van der Waals surface area contributed by atoms with Crippen LogP contribution in [-0.2, 0) is 26.7 Å². The van der Waals surface area contributed by atoms with Crippen LogP contribution in [0.2, 0.25) is 0 Å². The molecule has 0 spiro atoms. The third kappa shape index (κ3) is 10.7. The lowest BCUT2D eigenvalue weighted by molar-refractivity contribution is -0.121. The maximum Gasteiger partial charge on any atom is 0.262 e. The van der Waals surface area contributed by atoms with Crippen LogP contribution in [-0.4, -0.2) is 48.6 Å². The van der Waals surface area contributed by atoms with Gasteiger partial charge in [-0.05, 0) is 54.2 Å². The molecule has 0 aliphatic carbocycles. The molecule has 2 heterocycles. The minimum Gasteiger partial charge on any atom is -0.494 e. The minimum absolute atomic E-state index is 0.0902. The van der Waals surface area contributed by atoms with Crippen LogP contribution in [0.3, 0.4) is 0 Å². The van der Waals surface area contributed by atoms with Gasteiger partial charge in [-0.2, -0.15) is 0 Å². The summed E-state index contributed by atoms with van der Waals surface area (Å²) in [7, 11) is -3.82. The third-order valence-corrected chi connectivity index (χ3v) is 10.6. The number of hydrogen-bond donors (Lipinski definition) is 2. The summed E-state index contributed by atoms with van der Waals surface area (Å²) in [5.41, 5.74) is 3.25. The molecule has 2 aromatic carbocycles. The number of unbranched alkanes of at least 4 members (excludes halogenated alkanes) is 4. The summed E-state index contributed by atoms with van der Waals surface area (Å²) in [4.78, 5) is 36.8. The van der Waals surface area contributed by atoms with E-state index in [0.29, 0.717) is 10.7 Å². The van der Waals surface area contributed by atoms with Crippen molar-refractivity contribution in [3.8, 4) is 28.3 Å². The molecule has 0 saturated heterocycles. The largest absolute Gasteiger partial charge is 0.494 e. The fraction of sp³-hybridized carbons (Fsp3) is 0.405. The van der Waals surface area contributed by atoms with E-state index < -0.39 is 27.9 Å². The maximum absolute atomic E-state index is 13.1. The molecule has 0 unspecified atom stereocenters. The number of carbonyl (C=O) groups is 2. The Hall–Kier alpha value is -4.09. The second-order valence-corrected chi connectivity index (χ2v) is 15.9. The van der Waals surface area contributed by atoms with Crippen molar-refractivity contribution in [3.63, 3.8) is 0 Å². The van der Waals surface area contributed by atoms with Gasteiger partial charge in [-0.3, -0.25) is 14.3 Å². The smallest absolute Gasteiger partial charge is 0.262 e. The highest BCUT2D eigenvalue weighted by Gasteiger charge is 2.27. The minimum atomic E-state index is -3.82. The van der Waals surface area contributed by atoms with Gasteiger partial charge in [0.25, 0.3) is 11.8 Å². The number of nitrogens with zero attached hydrogens (tertiary/aromatic N) is 2. The maximum atomic E-state index is 13.1. The van der Waals surface area contributed by atoms with Crippen LogP contribution >= 0.6 is 11.3 Å². The Morgan fingerprint density at radius 3 is 2.08 bits per heavy atom. The molecule has 1 atom stereocenters. The van der Waals surface area contributed by atoms with E-state index in [9.17, 15) is 18.0 Å². The van der Waals surface area contributed by atoms with Crippen LogP contribution in [0.4, 0.5) is 0 Å². The normalized spacial score (nSPS) is 12.4. The predicted octanol–water partition coefficient (Wildman–Crippen LogP) is 7.33. The van der Waals surface area contributed by atoms with Crippen LogP contribution in [0.25, 0.3) is 22.5 Å². The first-order valence-electron chi connectivity index (χ1n) is 16.5. The van der Waals surface area contributed by atoms with Gasteiger partial charge in [0.2, 0.25) is 10.0 Å². The Kier molecular flexibility index (Phi) is 12.9. The van der Waals surface area contributed by atoms with E-state index in [2.05, 4.69) is 47.7 Å². The van der Waals surface area contributed by atoms with Crippen LogP contribution < -0.4 is 14.8 Å². The second-order valence-electron chi connectivity index (χ2n) is 12.8. The van der Waals surface area contributed by atoms with Crippen molar-refractivity contribution in [2.24, 2.45) is 0 Å². The number of hydrogen-bond acceptors (Lipinski definition) is 8. The number of amides is 2.